The maximum atomic E-state index is 13.3. The van der Waals surface area contributed by atoms with Crippen LogP contribution < -0.4 is 15.2 Å². The predicted molar refractivity (Wildman–Crippen MR) is 76.7 cm³/mol. The molecule has 0 aliphatic carbocycles. The second kappa shape index (κ2) is 5.92. The lowest BCUT2D eigenvalue weighted by Gasteiger charge is -2.18. The van der Waals surface area contributed by atoms with Crippen molar-refractivity contribution < 1.29 is 13.9 Å². The number of hydrogen-bond donors (Lipinski definition) is 1. The molecule has 106 valence electrons. The van der Waals surface area contributed by atoms with E-state index in [2.05, 4.69) is 0 Å². The molecule has 0 saturated carbocycles. The maximum Gasteiger partial charge on any atom is 0.161 e. The molecule has 0 fully saturated rings. The second-order valence-corrected chi connectivity index (χ2v) is 4.60. The first kappa shape index (κ1) is 14.3. The van der Waals surface area contributed by atoms with Gasteiger partial charge in [0.2, 0.25) is 0 Å². The fraction of sp³-hybridized carbons (Fsp3) is 0.250. The Kier molecular flexibility index (Phi) is 4.25. The molecule has 0 amide bonds. The zero-order valence-corrected chi connectivity index (χ0v) is 11.8. The molecule has 0 heterocycles. The average molecular weight is 275 g/mol. The Morgan fingerprint density at radius 3 is 2.30 bits per heavy atom. The lowest BCUT2D eigenvalue weighted by Crippen LogP contribution is -2.14. The van der Waals surface area contributed by atoms with Crippen LogP contribution in [0.4, 0.5) is 4.39 Å². The number of hydrogen-bond acceptors (Lipinski definition) is 3. The van der Waals surface area contributed by atoms with Crippen LogP contribution in [0.3, 0.4) is 0 Å². The fourth-order valence-electron chi connectivity index (χ4n) is 2.21. The zero-order chi connectivity index (χ0) is 14.7. The normalized spacial score (nSPS) is 12.1. The zero-order valence-electron chi connectivity index (χ0n) is 11.8. The number of aryl methyl sites for hydroxylation is 1. The molecular formula is C16H18FNO2. The van der Waals surface area contributed by atoms with Crippen molar-refractivity contribution in [2.24, 2.45) is 5.73 Å². The van der Waals surface area contributed by atoms with Crippen LogP contribution in [0.1, 0.15) is 22.7 Å². The Balaban J connectivity index is 2.46. The van der Waals surface area contributed by atoms with Crippen molar-refractivity contribution in [3.8, 4) is 11.5 Å². The van der Waals surface area contributed by atoms with Crippen LogP contribution in [0.15, 0.2) is 36.4 Å². The minimum Gasteiger partial charge on any atom is -0.493 e. The van der Waals surface area contributed by atoms with Crippen LogP contribution in [0.5, 0.6) is 11.5 Å². The van der Waals surface area contributed by atoms with E-state index in [1.807, 2.05) is 25.1 Å². The van der Waals surface area contributed by atoms with Gasteiger partial charge in [0.05, 0.1) is 20.3 Å². The summed E-state index contributed by atoms with van der Waals surface area (Å²) in [6.07, 6.45) is 0. The molecule has 0 aromatic heterocycles. The highest BCUT2D eigenvalue weighted by atomic mass is 19.1. The average Bonchev–Trinajstić information content (AvgIpc) is 2.46. The third kappa shape index (κ3) is 2.75. The lowest BCUT2D eigenvalue weighted by atomic mass is 9.95. The van der Waals surface area contributed by atoms with Gasteiger partial charge in [0.25, 0.3) is 0 Å². The second-order valence-electron chi connectivity index (χ2n) is 4.60. The predicted octanol–water partition coefficient (Wildman–Crippen LogP) is 3.20. The summed E-state index contributed by atoms with van der Waals surface area (Å²) >= 11 is 0. The van der Waals surface area contributed by atoms with E-state index < -0.39 is 6.04 Å². The third-order valence-electron chi connectivity index (χ3n) is 3.32. The maximum absolute atomic E-state index is 13.3. The SMILES string of the molecule is COc1cc(C)c(C(N)c2cccc(F)c2)cc1OC. The molecule has 1 unspecified atom stereocenters. The molecule has 20 heavy (non-hydrogen) atoms. The Bertz CT molecular complexity index is 613. The van der Waals surface area contributed by atoms with Gasteiger partial charge in [0, 0.05) is 0 Å². The summed E-state index contributed by atoms with van der Waals surface area (Å²) in [7, 11) is 3.16. The van der Waals surface area contributed by atoms with Gasteiger partial charge in [-0.2, -0.15) is 0 Å². The highest BCUT2D eigenvalue weighted by molar-refractivity contribution is 5.49. The Hall–Kier alpha value is -2.07. The van der Waals surface area contributed by atoms with Crippen molar-refractivity contribution in [3.05, 3.63) is 58.9 Å². The highest BCUT2D eigenvalue weighted by Gasteiger charge is 2.16. The first-order valence-electron chi connectivity index (χ1n) is 6.30. The number of halogens is 1. The molecule has 2 aromatic rings. The fourth-order valence-corrected chi connectivity index (χ4v) is 2.21. The van der Waals surface area contributed by atoms with Crippen LogP contribution >= 0.6 is 0 Å². The first-order valence-corrected chi connectivity index (χ1v) is 6.30. The molecule has 0 bridgehead atoms. The number of ether oxygens (including phenoxy) is 2. The van der Waals surface area contributed by atoms with Gasteiger partial charge in [-0.25, -0.2) is 4.39 Å². The van der Waals surface area contributed by atoms with E-state index in [9.17, 15) is 4.39 Å². The van der Waals surface area contributed by atoms with Gasteiger partial charge in [-0.1, -0.05) is 12.1 Å². The summed E-state index contributed by atoms with van der Waals surface area (Å²) < 4.78 is 23.8. The van der Waals surface area contributed by atoms with Crippen molar-refractivity contribution in [1.82, 2.24) is 0 Å². The summed E-state index contributed by atoms with van der Waals surface area (Å²) in [6.45, 7) is 1.94. The van der Waals surface area contributed by atoms with Gasteiger partial charge in [0.15, 0.2) is 11.5 Å². The minimum atomic E-state index is -0.412. The van der Waals surface area contributed by atoms with E-state index >= 15 is 0 Å². The minimum absolute atomic E-state index is 0.295. The number of benzene rings is 2. The van der Waals surface area contributed by atoms with Crippen molar-refractivity contribution in [2.45, 2.75) is 13.0 Å². The van der Waals surface area contributed by atoms with Crippen LogP contribution in [-0.2, 0) is 0 Å². The first-order chi connectivity index (χ1) is 9.56. The molecule has 0 saturated heterocycles. The standard InChI is InChI=1S/C16H18FNO2/c1-10-7-14(19-2)15(20-3)9-13(10)16(18)11-5-4-6-12(17)8-11/h4-9,16H,18H2,1-3H3. The van der Waals surface area contributed by atoms with E-state index in [4.69, 9.17) is 15.2 Å². The molecule has 2 rings (SSSR count). The molecular weight excluding hydrogens is 257 g/mol. The summed E-state index contributed by atoms with van der Waals surface area (Å²) in [6, 6.07) is 9.60. The monoisotopic (exact) mass is 275 g/mol. The van der Waals surface area contributed by atoms with Gasteiger partial charge in [-0.15, -0.1) is 0 Å². The summed E-state index contributed by atoms with van der Waals surface area (Å²) in [4.78, 5) is 0. The summed E-state index contributed by atoms with van der Waals surface area (Å²) in [5, 5.41) is 0. The van der Waals surface area contributed by atoms with Crippen molar-refractivity contribution >= 4 is 0 Å². The molecule has 1 atom stereocenters. The molecule has 4 heteroatoms. The van der Waals surface area contributed by atoms with E-state index in [1.165, 1.54) is 12.1 Å². The lowest BCUT2D eigenvalue weighted by molar-refractivity contribution is 0.354. The third-order valence-corrected chi connectivity index (χ3v) is 3.32. The number of methoxy groups -OCH3 is 2. The van der Waals surface area contributed by atoms with Crippen LogP contribution in [0.2, 0.25) is 0 Å². The van der Waals surface area contributed by atoms with Crippen LogP contribution in [0, 0.1) is 12.7 Å². The van der Waals surface area contributed by atoms with Gasteiger partial charge < -0.3 is 15.2 Å². The molecule has 0 radical (unpaired) electrons. The van der Waals surface area contributed by atoms with Crippen LogP contribution in [-0.4, -0.2) is 14.2 Å². The Morgan fingerprint density at radius 2 is 1.70 bits per heavy atom. The van der Waals surface area contributed by atoms with E-state index in [-0.39, 0.29) is 5.82 Å². The molecule has 0 spiro atoms. The van der Waals surface area contributed by atoms with Gasteiger partial charge in [-0.05, 0) is 47.9 Å². The van der Waals surface area contributed by atoms with Crippen LogP contribution in [0.25, 0.3) is 0 Å². The number of nitrogens with two attached hydrogens (primary N) is 1. The smallest absolute Gasteiger partial charge is 0.161 e. The van der Waals surface area contributed by atoms with Crippen molar-refractivity contribution in [1.29, 1.82) is 0 Å². The Morgan fingerprint density at radius 1 is 1.05 bits per heavy atom. The summed E-state index contributed by atoms with van der Waals surface area (Å²) in [5.41, 5.74) is 8.81. The molecule has 2 N–H and O–H groups in total. The van der Waals surface area contributed by atoms with Gasteiger partial charge in [0.1, 0.15) is 5.82 Å². The quantitative estimate of drug-likeness (QED) is 0.932. The van der Waals surface area contributed by atoms with E-state index in [0.717, 1.165) is 16.7 Å². The van der Waals surface area contributed by atoms with Gasteiger partial charge >= 0.3 is 0 Å². The van der Waals surface area contributed by atoms with Crippen molar-refractivity contribution in [3.63, 3.8) is 0 Å². The highest BCUT2D eigenvalue weighted by Crippen LogP contribution is 2.34. The largest absolute Gasteiger partial charge is 0.493 e. The molecule has 3 nitrogen and oxygen atoms in total. The number of rotatable bonds is 4. The molecule has 2 aromatic carbocycles. The van der Waals surface area contributed by atoms with Crippen molar-refractivity contribution in [2.75, 3.05) is 14.2 Å². The molecule has 0 aliphatic rings. The van der Waals surface area contributed by atoms with E-state index in [0.29, 0.717) is 11.5 Å². The van der Waals surface area contributed by atoms with Gasteiger partial charge in [-0.3, -0.25) is 0 Å². The Labute approximate surface area is 118 Å². The summed E-state index contributed by atoms with van der Waals surface area (Å²) in [5.74, 6) is 0.969. The topological polar surface area (TPSA) is 44.5 Å². The van der Waals surface area contributed by atoms with E-state index in [1.54, 1.807) is 20.3 Å². The molecule has 0 aliphatic heterocycles.